The highest BCUT2D eigenvalue weighted by Gasteiger charge is 2.15. The van der Waals surface area contributed by atoms with Crippen LogP contribution in [-0.2, 0) is 11.3 Å². The van der Waals surface area contributed by atoms with Crippen LogP contribution in [0.1, 0.15) is 19.0 Å². The number of nitrogens with zero attached hydrogens (tertiary/aromatic N) is 4. The summed E-state index contributed by atoms with van der Waals surface area (Å²) < 4.78 is 3.93. The Kier molecular flexibility index (Phi) is 6.00. The second-order valence-electron chi connectivity index (χ2n) is 4.30. The van der Waals surface area contributed by atoms with Gasteiger partial charge >= 0.3 is 0 Å². The highest BCUT2D eigenvalue weighted by Crippen LogP contribution is 2.18. The van der Waals surface area contributed by atoms with E-state index in [9.17, 15) is 4.79 Å². The fraction of sp³-hybridized carbons (Fsp3) is 0.727. The molecule has 0 spiro atoms. The van der Waals surface area contributed by atoms with E-state index < -0.39 is 0 Å². The smallest absolute Gasteiger partial charge is 0.236 e. The molecule has 1 heterocycles. The molecule has 6 nitrogen and oxygen atoms in total. The van der Waals surface area contributed by atoms with Gasteiger partial charge in [0.15, 0.2) is 0 Å². The number of hydrogen-bond donors (Lipinski definition) is 1. The Morgan fingerprint density at radius 1 is 1.44 bits per heavy atom. The largest absolute Gasteiger partial charge is 0.377 e. The van der Waals surface area contributed by atoms with Gasteiger partial charge in [-0.15, -0.1) is 5.10 Å². The fourth-order valence-corrected chi connectivity index (χ4v) is 2.10. The molecular formula is C11H21N5OS. The normalized spacial score (nSPS) is 10.7. The molecule has 0 aliphatic carbocycles. The van der Waals surface area contributed by atoms with Crippen molar-refractivity contribution in [3.63, 3.8) is 0 Å². The van der Waals surface area contributed by atoms with Crippen LogP contribution in [0.25, 0.3) is 0 Å². The number of nitrogens with one attached hydrogen (secondary N) is 1. The maximum atomic E-state index is 11.7. The second-order valence-corrected chi connectivity index (χ2v) is 5.05. The van der Waals surface area contributed by atoms with Crippen LogP contribution in [-0.4, -0.2) is 59.5 Å². The SMILES string of the molecule is CCCN(CC(=O)N(C)C)Cc1nnsc1NC. The summed E-state index contributed by atoms with van der Waals surface area (Å²) in [7, 11) is 5.40. The molecule has 1 aromatic heterocycles. The number of hydrogen-bond acceptors (Lipinski definition) is 6. The Morgan fingerprint density at radius 2 is 2.17 bits per heavy atom. The first kappa shape index (κ1) is 14.8. The quantitative estimate of drug-likeness (QED) is 0.797. The summed E-state index contributed by atoms with van der Waals surface area (Å²) in [6, 6.07) is 0. The predicted octanol–water partition coefficient (Wildman–Crippen LogP) is 0.880. The Balaban J connectivity index is 2.65. The van der Waals surface area contributed by atoms with Gasteiger partial charge in [-0.05, 0) is 13.0 Å². The van der Waals surface area contributed by atoms with E-state index in [1.54, 1.807) is 19.0 Å². The summed E-state index contributed by atoms with van der Waals surface area (Å²) in [5, 5.41) is 8.14. The zero-order valence-electron chi connectivity index (χ0n) is 11.4. The number of carbonyl (C=O) groups is 1. The summed E-state index contributed by atoms with van der Waals surface area (Å²) in [4.78, 5) is 15.5. The minimum atomic E-state index is 0.109. The van der Waals surface area contributed by atoms with E-state index in [0.29, 0.717) is 13.1 Å². The van der Waals surface area contributed by atoms with Gasteiger partial charge in [-0.3, -0.25) is 9.69 Å². The third-order valence-corrected chi connectivity index (χ3v) is 3.34. The average molecular weight is 271 g/mol. The topological polar surface area (TPSA) is 61.4 Å². The minimum Gasteiger partial charge on any atom is -0.377 e. The standard InChI is InChI=1S/C11H21N5OS/c1-5-6-16(8-10(17)15(3)4)7-9-11(12-2)18-14-13-9/h12H,5-8H2,1-4H3. The molecule has 0 saturated carbocycles. The lowest BCUT2D eigenvalue weighted by Gasteiger charge is -2.22. The monoisotopic (exact) mass is 271 g/mol. The summed E-state index contributed by atoms with van der Waals surface area (Å²) >= 11 is 1.34. The van der Waals surface area contributed by atoms with Crippen LogP contribution in [0.3, 0.4) is 0 Å². The summed E-state index contributed by atoms with van der Waals surface area (Å²) in [6.07, 6.45) is 1.01. The van der Waals surface area contributed by atoms with Gasteiger partial charge in [0.05, 0.1) is 6.54 Å². The maximum Gasteiger partial charge on any atom is 0.236 e. The number of carbonyl (C=O) groups excluding carboxylic acids is 1. The van der Waals surface area contributed by atoms with Gasteiger partial charge in [0.25, 0.3) is 0 Å². The molecule has 0 bridgehead atoms. The van der Waals surface area contributed by atoms with Crippen LogP contribution in [0.15, 0.2) is 0 Å². The van der Waals surface area contributed by atoms with Crippen molar-refractivity contribution in [2.75, 3.05) is 39.5 Å². The number of likely N-dealkylation sites (N-methyl/N-ethyl adjacent to an activating group) is 1. The summed E-state index contributed by atoms with van der Waals surface area (Å²) in [5.41, 5.74) is 0.905. The van der Waals surface area contributed by atoms with E-state index in [4.69, 9.17) is 0 Å². The van der Waals surface area contributed by atoms with Gasteiger partial charge in [-0.1, -0.05) is 11.4 Å². The first-order chi connectivity index (χ1) is 8.58. The van der Waals surface area contributed by atoms with Crippen LogP contribution >= 0.6 is 11.5 Å². The van der Waals surface area contributed by atoms with Crippen molar-refractivity contribution in [1.82, 2.24) is 19.4 Å². The Hall–Kier alpha value is -1.21. The molecule has 0 aromatic carbocycles. The van der Waals surface area contributed by atoms with Gasteiger partial charge in [0.2, 0.25) is 5.91 Å². The predicted molar refractivity (Wildman–Crippen MR) is 73.7 cm³/mol. The molecule has 102 valence electrons. The van der Waals surface area contributed by atoms with E-state index in [1.165, 1.54) is 11.5 Å². The molecule has 0 saturated heterocycles. The van der Waals surface area contributed by atoms with Crippen molar-refractivity contribution in [3.8, 4) is 0 Å². The zero-order valence-corrected chi connectivity index (χ0v) is 12.3. The van der Waals surface area contributed by atoms with Crippen LogP contribution in [0.5, 0.6) is 0 Å². The Bertz CT molecular complexity index is 379. The third kappa shape index (κ3) is 4.23. The molecule has 0 radical (unpaired) electrons. The second kappa shape index (κ2) is 7.27. The molecule has 0 fully saturated rings. The van der Waals surface area contributed by atoms with Gasteiger partial charge in [-0.25, -0.2) is 0 Å². The van der Waals surface area contributed by atoms with Gasteiger partial charge < -0.3 is 10.2 Å². The van der Waals surface area contributed by atoms with Crippen LogP contribution in [0, 0.1) is 0 Å². The molecule has 7 heteroatoms. The van der Waals surface area contributed by atoms with E-state index in [2.05, 4.69) is 26.7 Å². The van der Waals surface area contributed by atoms with E-state index in [0.717, 1.165) is 23.7 Å². The molecule has 18 heavy (non-hydrogen) atoms. The number of anilines is 1. The fourth-order valence-electron chi connectivity index (χ4n) is 1.58. The Morgan fingerprint density at radius 3 is 2.72 bits per heavy atom. The zero-order chi connectivity index (χ0) is 13.5. The summed E-state index contributed by atoms with van der Waals surface area (Å²) in [5.74, 6) is 0.109. The average Bonchev–Trinajstić information content (AvgIpc) is 2.76. The van der Waals surface area contributed by atoms with Crippen molar-refractivity contribution in [1.29, 1.82) is 0 Å². The Labute approximate surface area is 112 Å². The molecule has 1 rings (SSSR count). The highest BCUT2D eigenvalue weighted by molar-refractivity contribution is 7.10. The van der Waals surface area contributed by atoms with Crippen LogP contribution in [0.2, 0.25) is 0 Å². The van der Waals surface area contributed by atoms with E-state index >= 15 is 0 Å². The number of rotatable bonds is 7. The van der Waals surface area contributed by atoms with Crippen molar-refractivity contribution in [3.05, 3.63) is 5.69 Å². The first-order valence-electron chi connectivity index (χ1n) is 6.00. The van der Waals surface area contributed by atoms with Gasteiger partial charge in [0.1, 0.15) is 10.7 Å². The lowest BCUT2D eigenvalue weighted by molar-refractivity contribution is -0.130. The van der Waals surface area contributed by atoms with Crippen molar-refractivity contribution in [2.45, 2.75) is 19.9 Å². The molecule has 0 unspecified atom stereocenters. The van der Waals surface area contributed by atoms with Gasteiger partial charge in [0, 0.05) is 39.2 Å². The molecule has 1 aromatic rings. The lowest BCUT2D eigenvalue weighted by Crippen LogP contribution is -2.36. The van der Waals surface area contributed by atoms with Crippen molar-refractivity contribution < 1.29 is 4.79 Å². The van der Waals surface area contributed by atoms with Crippen LogP contribution in [0.4, 0.5) is 5.00 Å². The molecule has 1 N–H and O–H groups in total. The lowest BCUT2D eigenvalue weighted by atomic mass is 10.3. The van der Waals surface area contributed by atoms with Crippen molar-refractivity contribution in [2.24, 2.45) is 0 Å². The molecule has 0 atom stereocenters. The van der Waals surface area contributed by atoms with Crippen LogP contribution < -0.4 is 5.32 Å². The van der Waals surface area contributed by atoms with E-state index in [1.807, 2.05) is 7.05 Å². The molecule has 0 aliphatic rings. The molecule has 1 amide bonds. The maximum absolute atomic E-state index is 11.7. The molecule has 0 aliphatic heterocycles. The summed E-state index contributed by atoms with van der Waals surface area (Å²) in [6.45, 7) is 4.05. The highest BCUT2D eigenvalue weighted by atomic mass is 32.1. The number of amides is 1. The minimum absolute atomic E-state index is 0.109. The first-order valence-corrected chi connectivity index (χ1v) is 6.77. The van der Waals surface area contributed by atoms with Gasteiger partial charge in [-0.2, -0.15) is 0 Å². The molecular weight excluding hydrogens is 250 g/mol. The third-order valence-electron chi connectivity index (χ3n) is 2.55. The van der Waals surface area contributed by atoms with E-state index in [-0.39, 0.29) is 5.91 Å². The van der Waals surface area contributed by atoms with Crippen molar-refractivity contribution >= 4 is 22.4 Å². The number of aromatic nitrogens is 2.